The molecule has 0 N–H and O–H groups in total. The van der Waals surface area contributed by atoms with Gasteiger partial charge in [0.25, 0.3) is 0 Å². The Morgan fingerprint density at radius 2 is 1.82 bits per heavy atom. The molecule has 0 aliphatic heterocycles. The molecular formula is C6H12F3IO. The minimum atomic E-state index is -4.44. The Balaban J connectivity index is 3.15. The first-order chi connectivity index (χ1) is 4.92. The van der Waals surface area contributed by atoms with Crippen LogP contribution in [0.4, 0.5) is 13.2 Å². The zero-order valence-corrected chi connectivity index (χ0v) is 8.70. The van der Waals surface area contributed by atoms with Crippen LogP contribution in [-0.4, -0.2) is 27.3 Å². The number of hydrogen-bond donors (Lipinski definition) is 0. The Bertz CT molecular complexity index is 102. The molecule has 0 saturated carbocycles. The van der Waals surface area contributed by atoms with E-state index >= 15 is 0 Å². The molecule has 0 fully saturated rings. The maximum atomic E-state index is 11.4. The summed E-state index contributed by atoms with van der Waals surface area (Å²) in [4.78, 5) is 4.25. The van der Waals surface area contributed by atoms with E-state index in [1.165, 1.54) is 0 Å². The van der Waals surface area contributed by atoms with Crippen LogP contribution >= 0.6 is 19.8 Å². The molecule has 0 bridgehead atoms. The normalized spacial score (nSPS) is 13.4. The fraction of sp³-hybridized carbons (Fsp3) is 1.00. The number of alkyl halides is 6. The zero-order chi connectivity index (χ0) is 8.91. The topological polar surface area (TPSA) is 9.23 Å². The van der Waals surface area contributed by atoms with Gasteiger partial charge in [0.1, 0.15) is 0 Å². The van der Waals surface area contributed by atoms with E-state index < -0.39 is 26.2 Å². The molecule has 0 saturated heterocycles. The molecule has 0 heterocycles. The first kappa shape index (κ1) is 11.5. The number of halogens is 4. The molecule has 11 heavy (non-hydrogen) atoms. The van der Waals surface area contributed by atoms with Gasteiger partial charge in [0.05, 0.1) is 0 Å². The summed E-state index contributed by atoms with van der Waals surface area (Å²) in [7, 11) is 0. The third-order valence-electron chi connectivity index (χ3n) is 0.922. The van der Waals surface area contributed by atoms with Gasteiger partial charge in [-0.05, 0) is 0 Å². The van der Waals surface area contributed by atoms with Gasteiger partial charge in [-0.15, -0.1) is 0 Å². The summed E-state index contributed by atoms with van der Waals surface area (Å²) in [5.41, 5.74) is 0. The Morgan fingerprint density at radius 3 is 2.18 bits per heavy atom. The summed E-state index contributed by atoms with van der Waals surface area (Å²) >= 11 is -0.849. The Kier molecular flexibility index (Phi) is 5.41. The van der Waals surface area contributed by atoms with Crippen LogP contribution in [0.5, 0.6) is 0 Å². The molecule has 5 heteroatoms. The molecule has 0 aromatic rings. The first-order valence-corrected chi connectivity index (χ1v) is 8.92. The summed E-state index contributed by atoms with van der Waals surface area (Å²) in [6.07, 6.45) is -3.90. The molecular weight excluding hydrogens is 272 g/mol. The summed E-state index contributed by atoms with van der Waals surface area (Å²) in [5.74, 6) is 0. The minimum absolute atomic E-state index is 0.181. The van der Waals surface area contributed by atoms with Crippen molar-refractivity contribution in [1.82, 2.24) is 0 Å². The van der Waals surface area contributed by atoms with Gasteiger partial charge >= 0.3 is 71.4 Å². The van der Waals surface area contributed by atoms with Gasteiger partial charge < -0.3 is 0 Å². The standard InChI is InChI=1S/C6H12F3IO/c1-10(2)4-3-5-11-6(7,8)9/h3-5H2,1-2H3. The van der Waals surface area contributed by atoms with Crippen LogP contribution in [0.2, 0.25) is 0 Å². The van der Waals surface area contributed by atoms with Crippen LogP contribution in [0.1, 0.15) is 6.42 Å². The van der Waals surface area contributed by atoms with Gasteiger partial charge in [-0.3, -0.25) is 0 Å². The number of hydrogen-bond acceptors (Lipinski definition) is 1. The summed E-state index contributed by atoms with van der Waals surface area (Å²) < 4.78 is 38.6. The van der Waals surface area contributed by atoms with E-state index in [1.54, 1.807) is 0 Å². The van der Waals surface area contributed by atoms with Gasteiger partial charge in [0.15, 0.2) is 0 Å². The van der Waals surface area contributed by atoms with Crippen LogP contribution in [0.25, 0.3) is 0 Å². The molecule has 0 rings (SSSR count). The molecule has 70 valence electrons. The van der Waals surface area contributed by atoms with Crippen molar-refractivity contribution in [3.63, 3.8) is 0 Å². The second kappa shape index (κ2) is 5.18. The average molecular weight is 284 g/mol. The van der Waals surface area contributed by atoms with Gasteiger partial charge in [-0.1, -0.05) is 0 Å². The molecule has 0 aliphatic carbocycles. The van der Waals surface area contributed by atoms with E-state index in [0.717, 1.165) is 4.43 Å². The SMILES string of the molecule is CI(C)CCCOC(F)(F)F. The van der Waals surface area contributed by atoms with Crippen molar-refractivity contribution in [3.8, 4) is 0 Å². The van der Waals surface area contributed by atoms with Crippen molar-refractivity contribution < 1.29 is 17.9 Å². The predicted molar refractivity (Wildman–Crippen MR) is 47.4 cm³/mol. The fourth-order valence-corrected chi connectivity index (χ4v) is 2.35. The maximum absolute atomic E-state index is 11.4. The van der Waals surface area contributed by atoms with E-state index in [1.807, 2.05) is 0 Å². The zero-order valence-electron chi connectivity index (χ0n) is 6.54. The third kappa shape index (κ3) is 10.5. The molecule has 0 aromatic carbocycles. The molecule has 0 atom stereocenters. The molecule has 0 radical (unpaired) electrons. The van der Waals surface area contributed by atoms with E-state index in [2.05, 4.69) is 14.6 Å². The second-order valence-corrected chi connectivity index (χ2v) is 8.54. The van der Waals surface area contributed by atoms with Gasteiger partial charge in [-0.2, -0.15) is 0 Å². The van der Waals surface area contributed by atoms with E-state index in [9.17, 15) is 13.2 Å². The van der Waals surface area contributed by atoms with E-state index in [4.69, 9.17) is 0 Å². The fourth-order valence-electron chi connectivity index (χ4n) is 0.510. The summed E-state index contributed by atoms with van der Waals surface area (Å²) in [6, 6.07) is 0. The van der Waals surface area contributed by atoms with Gasteiger partial charge in [0.2, 0.25) is 0 Å². The molecule has 0 aromatic heterocycles. The van der Waals surface area contributed by atoms with Crippen LogP contribution in [0.15, 0.2) is 0 Å². The summed E-state index contributed by atoms with van der Waals surface area (Å²) in [6.45, 7) is -0.181. The number of ether oxygens (including phenoxy) is 1. The van der Waals surface area contributed by atoms with Crippen LogP contribution in [-0.2, 0) is 4.74 Å². The average Bonchev–Trinajstić information content (AvgIpc) is 1.78. The second-order valence-electron chi connectivity index (χ2n) is 2.25. The Labute approximate surface area is 71.7 Å². The molecule has 0 amide bonds. The molecule has 0 spiro atoms. The van der Waals surface area contributed by atoms with Crippen molar-refractivity contribution in [1.29, 1.82) is 0 Å². The third-order valence-corrected chi connectivity index (χ3v) is 3.84. The van der Waals surface area contributed by atoms with Crippen LogP contribution < -0.4 is 0 Å². The molecule has 0 aliphatic rings. The molecule has 1 nitrogen and oxygen atoms in total. The van der Waals surface area contributed by atoms with Crippen LogP contribution in [0.3, 0.4) is 0 Å². The quantitative estimate of drug-likeness (QED) is 0.438. The van der Waals surface area contributed by atoms with Crippen molar-refractivity contribution in [3.05, 3.63) is 0 Å². The van der Waals surface area contributed by atoms with Crippen molar-refractivity contribution in [2.75, 3.05) is 20.9 Å². The van der Waals surface area contributed by atoms with Gasteiger partial charge in [0, 0.05) is 0 Å². The van der Waals surface area contributed by atoms with E-state index in [0.29, 0.717) is 6.42 Å². The monoisotopic (exact) mass is 284 g/mol. The van der Waals surface area contributed by atoms with Crippen molar-refractivity contribution in [2.24, 2.45) is 0 Å². The van der Waals surface area contributed by atoms with Crippen molar-refractivity contribution in [2.45, 2.75) is 12.8 Å². The molecule has 0 unspecified atom stereocenters. The van der Waals surface area contributed by atoms with E-state index in [-0.39, 0.29) is 6.61 Å². The first-order valence-electron chi connectivity index (χ1n) is 3.08. The number of rotatable bonds is 4. The summed E-state index contributed by atoms with van der Waals surface area (Å²) in [5, 5.41) is 0. The van der Waals surface area contributed by atoms with Gasteiger partial charge in [-0.25, -0.2) is 0 Å². The Morgan fingerprint density at radius 1 is 1.27 bits per heavy atom. The van der Waals surface area contributed by atoms with Crippen molar-refractivity contribution >= 4 is 19.8 Å². The van der Waals surface area contributed by atoms with Crippen LogP contribution in [0, 0.1) is 0 Å². The Hall–Kier alpha value is 0.480. The predicted octanol–water partition coefficient (Wildman–Crippen LogP) is 2.68.